The summed E-state index contributed by atoms with van der Waals surface area (Å²) in [6.07, 6.45) is 0. The monoisotopic (exact) mass is 428 g/mol. The third kappa shape index (κ3) is 5.58. The van der Waals surface area contributed by atoms with E-state index in [1.165, 1.54) is 0 Å². The van der Waals surface area contributed by atoms with Crippen LogP contribution in [0.4, 0.5) is 0 Å². The number of amides is 1. The normalized spacial score (nSPS) is 10.6. The highest BCUT2D eigenvalue weighted by Gasteiger charge is 2.08. The summed E-state index contributed by atoms with van der Waals surface area (Å²) >= 11 is 1.63. The predicted molar refractivity (Wildman–Crippen MR) is 126 cm³/mol. The Balaban J connectivity index is 1.30. The maximum Gasteiger partial charge on any atom is 0.258 e. The highest BCUT2D eigenvalue weighted by atomic mass is 32.1. The number of carbonyl (C=O) groups excluding carboxylic acids is 1. The van der Waals surface area contributed by atoms with E-state index in [-0.39, 0.29) is 12.5 Å². The zero-order chi connectivity index (χ0) is 21.6. The molecule has 0 bridgehead atoms. The summed E-state index contributed by atoms with van der Waals surface area (Å²) in [4.78, 5) is 16.9. The lowest BCUT2D eigenvalue weighted by molar-refractivity contribution is -0.123. The molecule has 31 heavy (non-hydrogen) atoms. The van der Waals surface area contributed by atoms with Crippen molar-refractivity contribution in [2.24, 2.45) is 0 Å². The van der Waals surface area contributed by atoms with E-state index in [2.05, 4.69) is 28.9 Å². The molecule has 0 fully saturated rings. The molecule has 4 rings (SSSR count). The number of hydrogen-bond donors (Lipinski definition) is 1. The van der Waals surface area contributed by atoms with Crippen molar-refractivity contribution < 1.29 is 9.53 Å². The first-order valence-corrected chi connectivity index (χ1v) is 11.0. The fourth-order valence-electron chi connectivity index (χ4n) is 3.33. The molecule has 5 heteroatoms. The van der Waals surface area contributed by atoms with E-state index in [1.807, 2.05) is 68.4 Å². The Kier molecular flexibility index (Phi) is 6.43. The number of ether oxygens (including phenoxy) is 1. The van der Waals surface area contributed by atoms with Crippen LogP contribution in [-0.4, -0.2) is 17.5 Å². The molecule has 0 aliphatic rings. The van der Waals surface area contributed by atoms with Crippen molar-refractivity contribution in [1.82, 2.24) is 10.3 Å². The first-order chi connectivity index (χ1) is 15.1. The molecule has 0 saturated heterocycles. The van der Waals surface area contributed by atoms with E-state index in [0.29, 0.717) is 6.54 Å². The summed E-state index contributed by atoms with van der Waals surface area (Å²) < 4.78 is 5.61. The molecule has 156 valence electrons. The van der Waals surface area contributed by atoms with E-state index >= 15 is 0 Å². The second-order valence-electron chi connectivity index (χ2n) is 7.49. The largest absolute Gasteiger partial charge is 0.484 e. The molecule has 0 aliphatic heterocycles. The molecule has 0 spiro atoms. The van der Waals surface area contributed by atoms with E-state index in [0.717, 1.165) is 44.3 Å². The molecular weight excluding hydrogens is 404 g/mol. The summed E-state index contributed by atoms with van der Waals surface area (Å²) in [5.74, 6) is 0.575. The Morgan fingerprint density at radius 3 is 2.35 bits per heavy atom. The van der Waals surface area contributed by atoms with Crippen LogP contribution in [0.25, 0.3) is 21.8 Å². The lowest BCUT2D eigenvalue weighted by Crippen LogP contribution is -2.28. The van der Waals surface area contributed by atoms with Gasteiger partial charge in [0.2, 0.25) is 0 Å². The minimum Gasteiger partial charge on any atom is -0.484 e. The van der Waals surface area contributed by atoms with Gasteiger partial charge in [0.25, 0.3) is 5.91 Å². The van der Waals surface area contributed by atoms with Gasteiger partial charge in [-0.15, -0.1) is 11.3 Å². The number of thiazole rings is 1. The van der Waals surface area contributed by atoms with Gasteiger partial charge in [0, 0.05) is 23.1 Å². The predicted octanol–water partition coefficient (Wildman–Crippen LogP) is 5.79. The summed E-state index contributed by atoms with van der Waals surface area (Å²) in [5, 5.41) is 5.97. The molecule has 3 aromatic carbocycles. The zero-order valence-electron chi connectivity index (χ0n) is 17.6. The van der Waals surface area contributed by atoms with Crippen LogP contribution in [0.2, 0.25) is 0 Å². The Morgan fingerprint density at radius 1 is 0.935 bits per heavy atom. The maximum absolute atomic E-state index is 12.1. The lowest BCUT2D eigenvalue weighted by atomic mass is 10.1. The molecule has 0 unspecified atom stereocenters. The van der Waals surface area contributed by atoms with Gasteiger partial charge in [-0.3, -0.25) is 4.79 Å². The summed E-state index contributed by atoms with van der Waals surface area (Å²) in [7, 11) is 0. The maximum atomic E-state index is 12.1. The van der Waals surface area contributed by atoms with Crippen LogP contribution in [0.5, 0.6) is 5.75 Å². The quantitative estimate of drug-likeness (QED) is 0.405. The number of benzene rings is 3. The number of aryl methyl sites for hydroxylation is 2. The van der Waals surface area contributed by atoms with Gasteiger partial charge < -0.3 is 10.1 Å². The number of hydrogen-bond acceptors (Lipinski definition) is 4. The Labute approximate surface area is 186 Å². The van der Waals surface area contributed by atoms with Crippen molar-refractivity contribution in [3.05, 3.63) is 94.9 Å². The van der Waals surface area contributed by atoms with Gasteiger partial charge in [0.1, 0.15) is 10.8 Å². The third-order valence-electron chi connectivity index (χ3n) is 4.83. The van der Waals surface area contributed by atoms with Crippen molar-refractivity contribution in [2.75, 3.05) is 6.61 Å². The van der Waals surface area contributed by atoms with Crippen molar-refractivity contribution in [3.8, 4) is 27.6 Å². The summed E-state index contributed by atoms with van der Waals surface area (Å²) in [6, 6.07) is 24.2. The summed E-state index contributed by atoms with van der Waals surface area (Å²) in [5.41, 5.74) is 6.44. The van der Waals surface area contributed by atoms with Crippen LogP contribution >= 0.6 is 11.3 Å². The van der Waals surface area contributed by atoms with Gasteiger partial charge in [-0.25, -0.2) is 4.98 Å². The van der Waals surface area contributed by atoms with E-state index in [4.69, 9.17) is 9.72 Å². The number of rotatable bonds is 7. The number of nitrogens with zero attached hydrogens (tertiary/aromatic N) is 1. The van der Waals surface area contributed by atoms with Crippen LogP contribution < -0.4 is 10.1 Å². The van der Waals surface area contributed by atoms with Crippen molar-refractivity contribution in [2.45, 2.75) is 20.4 Å². The fraction of sp³-hybridized carbons (Fsp3) is 0.154. The number of carbonyl (C=O) groups is 1. The van der Waals surface area contributed by atoms with Gasteiger partial charge >= 0.3 is 0 Å². The van der Waals surface area contributed by atoms with E-state index in [1.54, 1.807) is 11.3 Å². The minimum atomic E-state index is -0.143. The third-order valence-corrected chi connectivity index (χ3v) is 5.72. The summed E-state index contributed by atoms with van der Waals surface area (Å²) in [6.45, 7) is 4.49. The molecule has 0 atom stereocenters. The highest BCUT2D eigenvalue weighted by molar-refractivity contribution is 7.13. The molecule has 1 aromatic heterocycles. The average Bonchev–Trinajstić information content (AvgIpc) is 3.27. The SMILES string of the molecule is Cc1cc(C)cc(OCC(=O)NCc2ccc(-c3nc(-c4ccccc4)cs3)cc2)c1. The minimum absolute atomic E-state index is 0.00234. The molecule has 0 aliphatic carbocycles. The topological polar surface area (TPSA) is 51.2 Å². The van der Waals surface area contributed by atoms with Crippen LogP contribution in [0.3, 0.4) is 0 Å². The molecule has 4 aromatic rings. The van der Waals surface area contributed by atoms with Gasteiger partial charge in [-0.05, 0) is 42.7 Å². The van der Waals surface area contributed by atoms with Crippen LogP contribution in [-0.2, 0) is 11.3 Å². The Morgan fingerprint density at radius 2 is 1.65 bits per heavy atom. The number of nitrogens with one attached hydrogen (secondary N) is 1. The smallest absolute Gasteiger partial charge is 0.258 e. The van der Waals surface area contributed by atoms with E-state index < -0.39 is 0 Å². The van der Waals surface area contributed by atoms with Crippen LogP contribution in [0.1, 0.15) is 16.7 Å². The molecule has 1 heterocycles. The first kappa shape index (κ1) is 20.8. The fourth-order valence-corrected chi connectivity index (χ4v) is 4.17. The van der Waals surface area contributed by atoms with Crippen LogP contribution in [0, 0.1) is 13.8 Å². The Bertz CT molecular complexity index is 1150. The average molecular weight is 429 g/mol. The van der Waals surface area contributed by atoms with Gasteiger partial charge in [-0.2, -0.15) is 0 Å². The second-order valence-corrected chi connectivity index (χ2v) is 8.35. The molecule has 4 nitrogen and oxygen atoms in total. The Hall–Kier alpha value is -3.44. The number of aromatic nitrogens is 1. The standard InChI is InChI=1S/C26H24N2O2S/c1-18-12-19(2)14-23(13-18)30-16-25(29)27-15-20-8-10-22(11-9-20)26-28-24(17-31-26)21-6-4-3-5-7-21/h3-14,17H,15-16H2,1-2H3,(H,27,29). The van der Waals surface area contributed by atoms with Gasteiger partial charge in [0.05, 0.1) is 5.69 Å². The lowest BCUT2D eigenvalue weighted by Gasteiger charge is -2.09. The molecule has 1 amide bonds. The van der Waals surface area contributed by atoms with Crippen molar-refractivity contribution in [3.63, 3.8) is 0 Å². The van der Waals surface area contributed by atoms with Crippen molar-refractivity contribution >= 4 is 17.2 Å². The van der Waals surface area contributed by atoms with E-state index in [9.17, 15) is 4.79 Å². The molecule has 1 N–H and O–H groups in total. The molecule has 0 saturated carbocycles. The van der Waals surface area contributed by atoms with Crippen molar-refractivity contribution in [1.29, 1.82) is 0 Å². The molecule has 0 radical (unpaired) electrons. The second kappa shape index (κ2) is 9.58. The highest BCUT2D eigenvalue weighted by Crippen LogP contribution is 2.28. The van der Waals surface area contributed by atoms with Gasteiger partial charge in [0.15, 0.2) is 6.61 Å². The zero-order valence-corrected chi connectivity index (χ0v) is 18.4. The molecular formula is C26H24N2O2S. The van der Waals surface area contributed by atoms with Crippen LogP contribution in [0.15, 0.2) is 78.2 Å². The first-order valence-electron chi connectivity index (χ1n) is 10.1. The van der Waals surface area contributed by atoms with Gasteiger partial charge in [-0.1, -0.05) is 60.7 Å².